The van der Waals surface area contributed by atoms with Crippen molar-refractivity contribution < 1.29 is 0 Å². The van der Waals surface area contributed by atoms with E-state index in [1.54, 1.807) is 0 Å². The molecule has 2 heteroatoms. The molecule has 0 unspecified atom stereocenters. The number of likely N-dealkylation sites (tertiary alicyclic amines) is 1. The highest BCUT2D eigenvalue weighted by atomic mass is 15.1. The third-order valence-electron chi connectivity index (χ3n) is 6.65. The van der Waals surface area contributed by atoms with Crippen molar-refractivity contribution in [3.8, 4) is 6.07 Å². The lowest BCUT2D eigenvalue weighted by atomic mass is 9.50. The molecular formula is C18H26N2. The van der Waals surface area contributed by atoms with Gasteiger partial charge < -0.3 is 4.90 Å². The van der Waals surface area contributed by atoms with Gasteiger partial charge in [0.2, 0.25) is 0 Å². The Balaban J connectivity index is 1.62. The van der Waals surface area contributed by atoms with Crippen molar-refractivity contribution >= 4 is 0 Å². The van der Waals surface area contributed by atoms with Crippen LogP contribution in [0.2, 0.25) is 0 Å². The van der Waals surface area contributed by atoms with Gasteiger partial charge in [0.05, 0.1) is 6.07 Å². The van der Waals surface area contributed by atoms with E-state index in [-0.39, 0.29) is 0 Å². The Morgan fingerprint density at radius 2 is 1.55 bits per heavy atom. The van der Waals surface area contributed by atoms with Gasteiger partial charge >= 0.3 is 0 Å². The molecule has 20 heavy (non-hydrogen) atoms. The fraction of sp³-hybridized carbons (Fsp3) is 0.833. The molecule has 1 saturated heterocycles. The van der Waals surface area contributed by atoms with Gasteiger partial charge in [-0.15, -0.1) is 0 Å². The molecule has 5 rings (SSSR count). The second-order valence-corrected chi connectivity index (χ2v) is 7.89. The number of nitriles is 1. The third-order valence-corrected chi connectivity index (χ3v) is 6.65. The molecule has 0 radical (unpaired) electrons. The summed E-state index contributed by atoms with van der Waals surface area (Å²) in [6.45, 7) is 2.29. The van der Waals surface area contributed by atoms with Crippen LogP contribution in [0, 0.1) is 40.9 Å². The normalized spacial score (nSPS) is 43.6. The molecule has 5 aliphatic rings. The van der Waals surface area contributed by atoms with Crippen LogP contribution in [0.4, 0.5) is 0 Å². The SMILES string of the molecule is CN1CCC(=C(C#N)C2C3CC4CC(C3)CC2C4)CC1. The molecule has 0 aromatic rings. The Morgan fingerprint density at radius 3 is 2.05 bits per heavy atom. The molecule has 4 aliphatic carbocycles. The first kappa shape index (κ1) is 12.9. The maximum absolute atomic E-state index is 9.81. The third kappa shape index (κ3) is 2.02. The molecule has 1 heterocycles. The molecule has 1 aliphatic heterocycles. The minimum absolute atomic E-state index is 0.645. The van der Waals surface area contributed by atoms with Gasteiger partial charge in [0.1, 0.15) is 0 Å². The highest BCUT2D eigenvalue weighted by Crippen LogP contribution is 2.58. The predicted molar refractivity (Wildman–Crippen MR) is 79.9 cm³/mol. The number of hydrogen-bond acceptors (Lipinski definition) is 2. The molecular weight excluding hydrogens is 244 g/mol. The van der Waals surface area contributed by atoms with Gasteiger partial charge in [-0.05, 0) is 81.6 Å². The zero-order valence-electron chi connectivity index (χ0n) is 12.6. The minimum atomic E-state index is 0.645. The highest BCUT2D eigenvalue weighted by Gasteiger charge is 2.49. The van der Waals surface area contributed by atoms with Gasteiger partial charge in [0.25, 0.3) is 0 Å². The van der Waals surface area contributed by atoms with E-state index in [1.165, 1.54) is 43.3 Å². The summed E-state index contributed by atoms with van der Waals surface area (Å²) < 4.78 is 0. The quantitative estimate of drug-likeness (QED) is 0.681. The maximum atomic E-state index is 9.81. The summed E-state index contributed by atoms with van der Waals surface area (Å²) in [5.74, 6) is 4.37. The number of hydrogen-bond donors (Lipinski definition) is 0. The smallest absolute Gasteiger partial charge is 0.0949 e. The van der Waals surface area contributed by atoms with E-state index in [1.807, 2.05) is 0 Å². The van der Waals surface area contributed by atoms with Gasteiger partial charge in [0, 0.05) is 18.7 Å². The lowest BCUT2D eigenvalue weighted by molar-refractivity contribution is -0.0197. The fourth-order valence-electron chi connectivity index (χ4n) is 5.94. The summed E-state index contributed by atoms with van der Waals surface area (Å²) in [7, 11) is 2.20. The van der Waals surface area contributed by atoms with Gasteiger partial charge in [-0.3, -0.25) is 0 Å². The Bertz CT molecular complexity index is 432. The van der Waals surface area contributed by atoms with Crippen LogP contribution in [-0.2, 0) is 0 Å². The first-order valence-electron chi connectivity index (χ1n) is 8.55. The molecule has 0 spiro atoms. The topological polar surface area (TPSA) is 27.0 Å². The molecule has 0 aromatic heterocycles. The van der Waals surface area contributed by atoms with Gasteiger partial charge in [0.15, 0.2) is 0 Å². The summed E-state index contributed by atoms with van der Waals surface area (Å²) in [6.07, 6.45) is 9.49. The standard InChI is InChI=1S/C18H26N2/c1-20-4-2-14(3-5-20)17(11-19)18-15-7-12-6-13(9-15)10-16(18)8-12/h12-13,15-16,18H,2-10H2,1H3. The Kier molecular flexibility index (Phi) is 3.15. The van der Waals surface area contributed by atoms with Crippen molar-refractivity contribution in [2.45, 2.75) is 44.9 Å². The maximum Gasteiger partial charge on any atom is 0.0949 e. The number of allylic oxidation sites excluding steroid dienone is 1. The van der Waals surface area contributed by atoms with Crippen LogP contribution in [0.15, 0.2) is 11.1 Å². The molecule has 0 atom stereocenters. The van der Waals surface area contributed by atoms with Crippen molar-refractivity contribution in [1.29, 1.82) is 5.26 Å². The van der Waals surface area contributed by atoms with Crippen molar-refractivity contribution in [2.24, 2.45) is 29.6 Å². The average molecular weight is 270 g/mol. The van der Waals surface area contributed by atoms with Gasteiger partial charge in [-0.1, -0.05) is 5.57 Å². The first-order valence-corrected chi connectivity index (χ1v) is 8.55. The van der Waals surface area contributed by atoms with Crippen LogP contribution < -0.4 is 0 Å². The van der Waals surface area contributed by atoms with Crippen molar-refractivity contribution in [1.82, 2.24) is 4.90 Å². The predicted octanol–water partition coefficient (Wildman–Crippen LogP) is 3.60. The highest BCUT2D eigenvalue weighted by molar-refractivity contribution is 5.34. The molecule has 2 nitrogen and oxygen atoms in total. The first-order chi connectivity index (χ1) is 9.74. The van der Waals surface area contributed by atoms with E-state index in [0.717, 1.165) is 49.6 Å². The number of piperidine rings is 1. The van der Waals surface area contributed by atoms with Crippen LogP contribution >= 0.6 is 0 Å². The Morgan fingerprint density at radius 1 is 1.00 bits per heavy atom. The van der Waals surface area contributed by atoms with Crippen LogP contribution in [0.25, 0.3) is 0 Å². The summed E-state index contributed by atoms with van der Waals surface area (Å²) in [5.41, 5.74) is 2.76. The zero-order valence-corrected chi connectivity index (χ0v) is 12.6. The van der Waals surface area contributed by atoms with E-state index < -0.39 is 0 Å². The molecule has 0 N–H and O–H groups in total. The molecule has 4 saturated carbocycles. The number of nitrogens with zero attached hydrogens (tertiary/aromatic N) is 2. The molecule has 4 bridgehead atoms. The minimum Gasteiger partial charge on any atom is -0.306 e. The summed E-state index contributed by atoms with van der Waals surface area (Å²) >= 11 is 0. The van der Waals surface area contributed by atoms with E-state index >= 15 is 0 Å². The number of rotatable bonds is 1. The molecule has 0 amide bonds. The second-order valence-electron chi connectivity index (χ2n) is 7.89. The van der Waals surface area contributed by atoms with E-state index in [0.29, 0.717) is 5.92 Å². The monoisotopic (exact) mass is 270 g/mol. The summed E-state index contributed by atoms with van der Waals surface area (Å²) in [5, 5.41) is 9.81. The van der Waals surface area contributed by atoms with Crippen LogP contribution in [0.5, 0.6) is 0 Å². The average Bonchev–Trinajstić information content (AvgIpc) is 2.43. The summed E-state index contributed by atoms with van der Waals surface area (Å²) in [6, 6.07) is 2.68. The van der Waals surface area contributed by atoms with Gasteiger partial charge in [-0.2, -0.15) is 5.26 Å². The molecule has 108 valence electrons. The fourth-order valence-corrected chi connectivity index (χ4v) is 5.94. The zero-order chi connectivity index (χ0) is 13.7. The van der Waals surface area contributed by atoms with E-state index in [4.69, 9.17) is 0 Å². The largest absolute Gasteiger partial charge is 0.306 e. The van der Waals surface area contributed by atoms with Crippen LogP contribution in [0.1, 0.15) is 44.9 Å². The lowest BCUT2D eigenvalue weighted by Gasteiger charge is -2.54. The van der Waals surface area contributed by atoms with E-state index in [9.17, 15) is 5.26 Å². The second kappa shape index (κ2) is 4.88. The lowest BCUT2D eigenvalue weighted by Crippen LogP contribution is -2.46. The van der Waals surface area contributed by atoms with Crippen LogP contribution in [-0.4, -0.2) is 25.0 Å². The van der Waals surface area contributed by atoms with Crippen molar-refractivity contribution in [2.75, 3.05) is 20.1 Å². The molecule has 5 fully saturated rings. The van der Waals surface area contributed by atoms with Crippen molar-refractivity contribution in [3.63, 3.8) is 0 Å². The summed E-state index contributed by atoms with van der Waals surface area (Å²) in [4.78, 5) is 2.40. The van der Waals surface area contributed by atoms with Crippen molar-refractivity contribution in [3.05, 3.63) is 11.1 Å². The molecule has 0 aromatic carbocycles. The van der Waals surface area contributed by atoms with Gasteiger partial charge in [-0.25, -0.2) is 0 Å². The van der Waals surface area contributed by atoms with E-state index in [2.05, 4.69) is 18.0 Å². The van der Waals surface area contributed by atoms with Crippen LogP contribution in [0.3, 0.4) is 0 Å². The Hall–Kier alpha value is -0.810. The Labute approximate surface area is 122 Å².